The van der Waals surface area contributed by atoms with Crippen LogP contribution in [-0.2, 0) is 22.6 Å². The second kappa shape index (κ2) is 10.4. The fourth-order valence-electron chi connectivity index (χ4n) is 2.82. The van der Waals surface area contributed by atoms with Crippen LogP contribution in [0.2, 0.25) is 0 Å². The van der Waals surface area contributed by atoms with Crippen LogP contribution in [0, 0.1) is 0 Å². The van der Waals surface area contributed by atoms with E-state index in [0.717, 1.165) is 0 Å². The van der Waals surface area contributed by atoms with Crippen molar-refractivity contribution in [2.75, 3.05) is 27.9 Å². The predicted molar refractivity (Wildman–Crippen MR) is 107 cm³/mol. The van der Waals surface area contributed by atoms with Gasteiger partial charge in [0.2, 0.25) is 5.75 Å². The van der Waals surface area contributed by atoms with Crippen molar-refractivity contribution in [2.24, 2.45) is 0 Å². The number of Topliss-reactive ketones (excluding diaryl/α,β-unsaturated/α-hetero) is 1. The summed E-state index contributed by atoms with van der Waals surface area (Å²) in [6.07, 6.45) is 0.0209. The highest BCUT2D eigenvalue weighted by atomic mass is 16.5. The zero-order chi connectivity index (χ0) is 21.4. The molecule has 0 saturated carbocycles. The topological polar surface area (TPSA) is 80.3 Å². The molecular formula is C22H26O7. The van der Waals surface area contributed by atoms with Gasteiger partial charge in [0, 0.05) is 11.1 Å². The van der Waals surface area contributed by atoms with E-state index in [9.17, 15) is 9.59 Å². The van der Waals surface area contributed by atoms with E-state index in [-0.39, 0.29) is 18.8 Å². The maximum atomic E-state index is 12.4. The van der Waals surface area contributed by atoms with Crippen LogP contribution < -0.4 is 18.9 Å². The van der Waals surface area contributed by atoms with E-state index < -0.39 is 5.97 Å². The summed E-state index contributed by atoms with van der Waals surface area (Å²) >= 11 is 0. The third kappa shape index (κ3) is 5.63. The van der Waals surface area contributed by atoms with Crippen molar-refractivity contribution in [2.45, 2.75) is 26.9 Å². The predicted octanol–water partition coefficient (Wildman–Crippen LogP) is 3.60. The molecule has 7 heteroatoms. The minimum Gasteiger partial charge on any atom is -0.493 e. The molecule has 156 valence electrons. The molecule has 0 heterocycles. The van der Waals surface area contributed by atoms with Crippen LogP contribution in [0.4, 0.5) is 0 Å². The van der Waals surface area contributed by atoms with E-state index in [1.165, 1.54) is 28.3 Å². The molecule has 0 spiro atoms. The molecule has 0 aliphatic carbocycles. The van der Waals surface area contributed by atoms with Crippen molar-refractivity contribution in [3.8, 4) is 23.0 Å². The lowest BCUT2D eigenvalue weighted by atomic mass is 10.1. The van der Waals surface area contributed by atoms with Gasteiger partial charge in [0.25, 0.3) is 0 Å². The van der Waals surface area contributed by atoms with Gasteiger partial charge in [-0.2, -0.15) is 0 Å². The average Bonchev–Trinajstić information content (AvgIpc) is 2.72. The van der Waals surface area contributed by atoms with Crippen LogP contribution in [0.1, 0.15) is 35.3 Å². The number of rotatable bonds is 10. The first-order valence-corrected chi connectivity index (χ1v) is 9.14. The Morgan fingerprint density at radius 2 is 1.55 bits per heavy atom. The highest BCUT2D eigenvalue weighted by Crippen LogP contribution is 2.38. The first-order valence-electron chi connectivity index (χ1n) is 9.14. The summed E-state index contributed by atoms with van der Waals surface area (Å²) < 4.78 is 26.9. The van der Waals surface area contributed by atoms with Crippen molar-refractivity contribution >= 4 is 11.8 Å². The van der Waals surface area contributed by atoms with Gasteiger partial charge in [0.15, 0.2) is 17.3 Å². The molecule has 2 aromatic rings. The van der Waals surface area contributed by atoms with Gasteiger partial charge in [-0.25, -0.2) is 0 Å². The zero-order valence-electron chi connectivity index (χ0n) is 17.4. The number of carbonyl (C=O) groups is 2. The zero-order valence-corrected chi connectivity index (χ0v) is 17.4. The number of hydrogen-bond donors (Lipinski definition) is 0. The lowest BCUT2D eigenvalue weighted by molar-refractivity contribution is -0.144. The van der Waals surface area contributed by atoms with Gasteiger partial charge in [-0.3, -0.25) is 9.59 Å². The Bertz CT molecular complexity index is 848. The molecule has 0 aliphatic heterocycles. The van der Waals surface area contributed by atoms with Crippen molar-refractivity contribution in [1.82, 2.24) is 0 Å². The molecule has 7 nitrogen and oxygen atoms in total. The normalized spacial score (nSPS) is 10.2. The highest BCUT2D eigenvalue weighted by Gasteiger charge is 2.16. The van der Waals surface area contributed by atoms with Gasteiger partial charge in [-0.05, 0) is 49.7 Å². The van der Waals surface area contributed by atoms with Crippen LogP contribution in [0.5, 0.6) is 23.0 Å². The Balaban J connectivity index is 2.14. The number of benzene rings is 2. The number of ketones is 1. The van der Waals surface area contributed by atoms with Crippen LogP contribution >= 0.6 is 0 Å². The smallest absolute Gasteiger partial charge is 0.310 e. The Morgan fingerprint density at radius 1 is 0.897 bits per heavy atom. The van der Waals surface area contributed by atoms with Crippen LogP contribution in [0.15, 0.2) is 30.3 Å². The van der Waals surface area contributed by atoms with Crippen molar-refractivity contribution < 1.29 is 33.3 Å². The number of ether oxygens (including phenoxy) is 5. The maximum Gasteiger partial charge on any atom is 0.310 e. The van der Waals surface area contributed by atoms with E-state index in [4.69, 9.17) is 23.7 Å². The Morgan fingerprint density at radius 3 is 2.07 bits per heavy atom. The number of methoxy groups -OCH3 is 3. The van der Waals surface area contributed by atoms with Crippen molar-refractivity contribution in [1.29, 1.82) is 0 Å². The Labute approximate surface area is 170 Å². The van der Waals surface area contributed by atoms with E-state index in [2.05, 4.69) is 0 Å². The molecule has 0 fully saturated rings. The maximum absolute atomic E-state index is 12.4. The monoisotopic (exact) mass is 402 g/mol. The van der Waals surface area contributed by atoms with Crippen molar-refractivity contribution in [3.63, 3.8) is 0 Å². The largest absolute Gasteiger partial charge is 0.493 e. The van der Waals surface area contributed by atoms with E-state index in [0.29, 0.717) is 46.3 Å². The molecule has 0 aromatic heterocycles. The van der Waals surface area contributed by atoms with Crippen LogP contribution in [0.25, 0.3) is 0 Å². The Hall–Kier alpha value is -3.22. The van der Waals surface area contributed by atoms with Gasteiger partial charge < -0.3 is 23.7 Å². The molecular weight excluding hydrogens is 376 g/mol. The van der Waals surface area contributed by atoms with E-state index in [1.54, 1.807) is 30.3 Å². The number of hydrogen-bond acceptors (Lipinski definition) is 7. The lowest BCUT2D eigenvalue weighted by Gasteiger charge is -2.14. The average molecular weight is 402 g/mol. The highest BCUT2D eigenvalue weighted by molar-refractivity contribution is 5.94. The Kier molecular flexibility index (Phi) is 7.88. The van der Waals surface area contributed by atoms with Crippen LogP contribution in [0.3, 0.4) is 0 Å². The SMILES string of the molecule is CCOc1ccc(C(C)=O)cc1COC(=O)Cc1cc(OC)c(OC)c(OC)c1. The van der Waals surface area contributed by atoms with Gasteiger partial charge >= 0.3 is 5.97 Å². The molecule has 0 atom stereocenters. The first-order chi connectivity index (χ1) is 13.9. The summed E-state index contributed by atoms with van der Waals surface area (Å²) in [7, 11) is 4.53. The minimum atomic E-state index is -0.435. The molecule has 2 rings (SSSR count). The summed E-state index contributed by atoms with van der Waals surface area (Å²) in [5.74, 6) is 1.45. The molecule has 0 aliphatic rings. The van der Waals surface area contributed by atoms with Gasteiger partial charge in [0.05, 0.1) is 34.4 Å². The third-order valence-corrected chi connectivity index (χ3v) is 4.23. The summed E-state index contributed by atoms with van der Waals surface area (Å²) in [6, 6.07) is 8.48. The van der Waals surface area contributed by atoms with E-state index >= 15 is 0 Å². The second-order valence-electron chi connectivity index (χ2n) is 6.18. The molecule has 2 aromatic carbocycles. The molecule has 0 bridgehead atoms. The van der Waals surface area contributed by atoms with Gasteiger partial charge in [-0.1, -0.05) is 0 Å². The fraction of sp³-hybridized carbons (Fsp3) is 0.364. The molecule has 0 unspecified atom stereocenters. The fourth-order valence-corrected chi connectivity index (χ4v) is 2.82. The molecule has 0 radical (unpaired) electrons. The van der Waals surface area contributed by atoms with E-state index in [1.807, 2.05) is 6.92 Å². The van der Waals surface area contributed by atoms with Crippen LogP contribution in [-0.4, -0.2) is 39.7 Å². The van der Waals surface area contributed by atoms with Crippen molar-refractivity contribution in [3.05, 3.63) is 47.0 Å². The first kappa shape index (κ1) is 22.1. The summed E-state index contributed by atoms with van der Waals surface area (Å²) in [6.45, 7) is 3.81. The summed E-state index contributed by atoms with van der Waals surface area (Å²) in [5, 5.41) is 0. The summed E-state index contributed by atoms with van der Waals surface area (Å²) in [4.78, 5) is 24.0. The molecule has 0 saturated heterocycles. The minimum absolute atomic E-state index is 0.000287. The second-order valence-corrected chi connectivity index (χ2v) is 6.18. The number of esters is 1. The quantitative estimate of drug-likeness (QED) is 0.444. The standard InChI is InChI=1S/C22H26O7/c1-6-28-18-8-7-16(14(2)23)12-17(18)13-29-21(24)11-15-9-19(25-3)22(27-5)20(10-15)26-4/h7-10,12H,6,11,13H2,1-5H3. The molecule has 29 heavy (non-hydrogen) atoms. The van der Waals surface area contributed by atoms with Gasteiger partial charge in [0.1, 0.15) is 12.4 Å². The molecule has 0 N–H and O–H groups in total. The summed E-state index contributed by atoms with van der Waals surface area (Å²) in [5.41, 5.74) is 1.83. The third-order valence-electron chi connectivity index (χ3n) is 4.23. The van der Waals surface area contributed by atoms with Gasteiger partial charge in [-0.15, -0.1) is 0 Å². The number of carbonyl (C=O) groups excluding carboxylic acids is 2. The lowest BCUT2D eigenvalue weighted by Crippen LogP contribution is -2.10. The molecule has 0 amide bonds.